The normalized spacial score (nSPS) is 21.1. The van der Waals surface area contributed by atoms with Gasteiger partial charge in [0.05, 0.1) is 13.1 Å². The SMILES string of the molecule is O=C(CN1CCCC[C@@H]1Cn1cccn1)N1CCc2ccccc2C1. The molecule has 1 atom stereocenters. The monoisotopic (exact) mass is 338 g/mol. The van der Waals surface area contributed by atoms with Crippen LogP contribution in [0.1, 0.15) is 30.4 Å². The predicted octanol–water partition coefficient (Wildman–Crippen LogP) is 2.32. The predicted molar refractivity (Wildman–Crippen MR) is 97.0 cm³/mol. The average molecular weight is 338 g/mol. The summed E-state index contributed by atoms with van der Waals surface area (Å²) in [4.78, 5) is 17.3. The van der Waals surface area contributed by atoms with Crippen LogP contribution in [0.3, 0.4) is 0 Å². The Balaban J connectivity index is 1.39. The zero-order chi connectivity index (χ0) is 17.1. The molecule has 3 heterocycles. The fourth-order valence-corrected chi connectivity index (χ4v) is 4.08. The molecule has 1 amide bonds. The summed E-state index contributed by atoms with van der Waals surface area (Å²) in [5.74, 6) is 0.266. The van der Waals surface area contributed by atoms with Gasteiger partial charge >= 0.3 is 0 Å². The summed E-state index contributed by atoms with van der Waals surface area (Å²) in [6.07, 6.45) is 8.38. The highest BCUT2D eigenvalue weighted by atomic mass is 16.2. The summed E-state index contributed by atoms with van der Waals surface area (Å²) in [6.45, 7) is 4.03. The Labute approximate surface area is 149 Å². The molecular weight excluding hydrogens is 312 g/mol. The topological polar surface area (TPSA) is 41.4 Å². The van der Waals surface area contributed by atoms with Gasteiger partial charge in [0.25, 0.3) is 0 Å². The molecule has 2 aromatic rings. The lowest BCUT2D eigenvalue weighted by atomic mass is 9.99. The van der Waals surface area contributed by atoms with Gasteiger partial charge in [-0.2, -0.15) is 5.10 Å². The van der Waals surface area contributed by atoms with Gasteiger partial charge in [-0.25, -0.2) is 0 Å². The minimum atomic E-state index is 0.266. The van der Waals surface area contributed by atoms with Gasteiger partial charge in [-0.3, -0.25) is 14.4 Å². The molecule has 0 radical (unpaired) electrons. The molecule has 1 aromatic carbocycles. The highest BCUT2D eigenvalue weighted by molar-refractivity contribution is 5.78. The molecule has 25 heavy (non-hydrogen) atoms. The summed E-state index contributed by atoms with van der Waals surface area (Å²) in [7, 11) is 0. The summed E-state index contributed by atoms with van der Waals surface area (Å²) >= 11 is 0. The second-order valence-corrected chi connectivity index (χ2v) is 7.18. The Morgan fingerprint density at radius 3 is 2.84 bits per heavy atom. The van der Waals surface area contributed by atoms with E-state index in [0.29, 0.717) is 12.6 Å². The molecule has 0 saturated carbocycles. The first-order chi connectivity index (χ1) is 12.3. The van der Waals surface area contributed by atoms with E-state index in [-0.39, 0.29) is 5.91 Å². The number of amides is 1. The van der Waals surface area contributed by atoms with Gasteiger partial charge in [-0.1, -0.05) is 30.7 Å². The number of aromatic nitrogens is 2. The largest absolute Gasteiger partial charge is 0.337 e. The molecular formula is C20H26N4O. The first-order valence-corrected chi connectivity index (χ1v) is 9.35. The second kappa shape index (κ2) is 7.40. The van der Waals surface area contributed by atoms with E-state index in [1.807, 2.05) is 28.0 Å². The van der Waals surface area contributed by atoms with Crippen LogP contribution >= 0.6 is 0 Å². The van der Waals surface area contributed by atoms with E-state index < -0.39 is 0 Å². The van der Waals surface area contributed by atoms with Crippen molar-refractivity contribution < 1.29 is 4.79 Å². The molecule has 0 N–H and O–H groups in total. The minimum absolute atomic E-state index is 0.266. The van der Waals surface area contributed by atoms with E-state index in [9.17, 15) is 4.79 Å². The maximum Gasteiger partial charge on any atom is 0.237 e. The van der Waals surface area contributed by atoms with Gasteiger partial charge < -0.3 is 4.90 Å². The van der Waals surface area contributed by atoms with Crippen molar-refractivity contribution >= 4 is 5.91 Å². The Kier molecular flexibility index (Phi) is 4.83. The van der Waals surface area contributed by atoms with Gasteiger partial charge in [0.1, 0.15) is 0 Å². The third-order valence-electron chi connectivity index (χ3n) is 5.53. The van der Waals surface area contributed by atoms with Crippen LogP contribution in [0.4, 0.5) is 0 Å². The molecule has 1 fully saturated rings. The number of carbonyl (C=O) groups excluding carboxylic acids is 1. The van der Waals surface area contributed by atoms with Crippen molar-refractivity contribution in [3.8, 4) is 0 Å². The van der Waals surface area contributed by atoms with Crippen molar-refractivity contribution in [1.29, 1.82) is 0 Å². The van der Waals surface area contributed by atoms with Gasteiger partial charge in [-0.05, 0) is 43.0 Å². The maximum atomic E-state index is 12.9. The van der Waals surface area contributed by atoms with Crippen LogP contribution in [0.5, 0.6) is 0 Å². The quantitative estimate of drug-likeness (QED) is 0.859. The second-order valence-electron chi connectivity index (χ2n) is 7.18. The van der Waals surface area contributed by atoms with Gasteiger partial charge in [0, 0.05) is 31.5 Å². The van der Waals surface area contributed by atoms with Crippen molar-refractivity contribution in [2.75, 3.05) is 19.6 Å². The van der Waals surface area contributed by atoms with Crippen LogP contribution in [-0.2, 0) is 24.3 Å². The molecule has 1 aromatic heterocycles. The third kappa shape index (κ3) is 3.76. The first kappa shape index (κ1) is 16.3. The summed E-state index contributed by atoms with van der Waals surface area (Å²) < 4.78 is 1.99. The van der Waals surface area contributed by atoms with Crippen LogP contribution in [-0.4, -0.2) is 51.2 Å². The number of hydrogen-bond acceptors (Lipinski definition) is 3. The van der Waals surface area contributed by atoms with Crippen molar-refractivity contribution in [2.45, 2.75) is 44.8 Å². The number of carbonyl (C=O) groups is 1. The fourth-order valence-electron chi connectivity index (χ4n) is 4.08. The molecule has 0 unspecified atom stereocenters. The fraction of sp³-hybridized carbons (Fsp3) is 0.500. The van der Waals surface area contributed by atoms with E-state index in [1.165, 1.54) is 24.0 Å². The Bertz CT molecular complexity index is 712. The molecule has 132 valence electrons. The number of hydrogen-bond donors (Lipinski definition) is 0. The van der Waals surface area contributed by atoms with Crippen LogP contribution in [0.25, 0.3) is 0 Å². The summed E-state index contributed by atoms with van der Waals surface area (Å²) in [6, 6.07) is 10.9. The summed E-state index contributed by atoms with van der Waals surface area (Å²) in [5.41, 5.74) is 2.69. The van der Waals surface area contributed by atoms with E-state index in [2.05, 4.69) is 34.3 Å². The van der Waals surface area contributed by atoms with Crippen molar-refractivity contribution in [3.05, 3.63) is 53.9 Å². The smallest absolute Gasteiger partial charge is 0.237 e. The number of benzene rings is 1. The third-order valence-corrected chi connectivity index (χ3v) is 5.53. The minimum Gasteiger partial charge on any atom is -0.337 e. The lowest BCUT2D eigenvalue weighted by molar-refractivity contribution is -0.134. The standard InChI is InChI=1S/C20H26N4O/c25-20(23-13-9-17-6-1-2-7-18(17)14-23)16-22-11-4-3-8-19(22)15-24-12-5-10-21-24/h1-2,5-7,10,12,19H,3-4,8-9,11,13-16H2/t19-/m1/s1. The molecule has 4 rings (SSSR count). The van der Waals surface area contributed by atoms with E-state index >= 15 is 0 Å². The molecule has 2 aliphatic heterocycles. The lowest BCUT2D eigenvalue weighted by Crippen LogP contribution is -2.49. The van der Waals surface area contributed by atoms with E-state index in [0.717, 1.165) is 39.0 Å². The van der Waals surface area contributed by atoms with Crippen LogP contribution in [0.15, 0.2) is 42.7 Å². The van der Waals surface area contributed by atoms with E-state index in [4.69, 9.17) is 0 Å². The number of nitrogens with zero attached hydrogens (tertiary/aromatic N) is 4. The number of fused-ring (bicyclic) bond motifs is 1. The number of piperidine rings is 1. The zero-order valence-corrected chi connectivity index (χ0v) is 14.7. The van der Waals surface area contributed by atoms with Gasteiger partial charge in [0.2, 0.25) is 5.91 Å². The Morgan fingerprint density at radius 2 is 2.00 bits per heavy atom. The zero-order valence-electron chi connectivity index (χ0n) is 14.7. The molecule has 0 aliphatic carbocycles. The van der Waals surface area contributed by atoms with Crippen molar-refractivity contribution in [2.24, 2.45) is 0 Å². The van der Waals surface area contributed by atoms with Crippen LogP contribution in [0, 0.1) is 0 Å². The molecule has 5 heteroatoms. The molecule has 0 spiro atoms. The molecule has 1 saturated heterocycles. The number of rotatable bonds is 4. The highest BCUT2D eigenvalue weighted by Crippen LogP contribution is 2.21. The van der Waals surface area contributed by atoms with Crippen LogP contribution < -0.4 is 0 Å². The Morgan fingerprint density at radius 1 is 1.12 bits per heavy atom. The lowest BCUT2D eigenvalue weighted by Gasteiger charge is -2.37. The highest BCUT2D eigenvalue weighted by Gasteiger charge is 2.28. The van der Waals surface area contributed by atoms with Crippen molar-refractivity contribution in [1.82, 2.24) is 19.6 Å². The number of likely N-dealkylation sites (tertiary alicyclic amines) is 1. The molecule has 0 bridgehead atoms. The summed E-state index contributed by atoms with van der Waals surface area (Å²) in [5, 5.41) is 4.33. The van der Waals surface area contributed by atoms with E-state index in [1.54, 1.807) is 0 Å². The van der Waals surface area contributed by atoms with Crippen LogP contribution in [0.2, 0.25) is 0 Å². The average Bonchev–Trinajstić information content (AvgIpc) is 3.16. The Hall–Kier alpha value is -2.14. The van der Waals surface area contributed by atoms with Gasteiger partial charge in [-0.15, -0.1) is 0 Å². The first-order valence-electron chi connectivity index (χ1n) is 9.35. The van der Waals surface area contributed by atoms with Crippen molar-refractivity contribution in [3.63, 3.8) is 0 Å². The molecule has 2 aliphatic rings. The van der Waals surface area contributed by atoms with Gasteiger partial charge in [0.15, 0.2) is 0 Å². The maximum absolute atomic E-state index is 12.9. The molecule has 5 nitrogen and oxygen atoms in total.